The molecule has 0 N–H and O–H groups in total. The van der Waals surface area contributed by atoms with E-state index in [-0.39, 0.29) is 5.56 Å². The van der Waals surface area contributed by atoms with Gasteiger partial charge in [-0.05, 0) is 24.3 Å². The van der Waals surface area contributed by atoms with Crippen LogP contribution < -0.4 is 4.90 Å². The molecule has 4 nitrogen and oxygen atoms in total. The maximum absolute atomic E-state index is 12.4. The number of hydrogen-bond acceptors (Lipinski definition) is 3. The minimum atomic E-state index is -4.39. The first-order valence-electron chi connectivity index (χ1n) is 5.24. The Morgan fingerprint density at radius 3 is 2.37 bits per heavy atom. The number of aromatic nitrogens is 1. The predicted octanol–water partition coefficient (Wildman–Crippen LogP) is 2.97. The summed E-state index contributed by atoms with van der Waals surface area (Å²) in [6.45, 7) is 0. The van der Waals surface area contributed by atoms with Crippen molar-refractivity contribution < 1.29 is 22.5 Å². The normalized spacial score (nSPS) is 11.4. The van der Waals surface area contributed by atoms with E-state index in [1.165, 1.54) is 36.5 Å². The molecule has 2 rings (SSSR count). The highest BCUT2D eigenvalue weighted by molar-refractivity contribution is 6.05. The van der Waals surface area contributed by atoms with Crippen LogP contribution >= 0.6 is 0 Å². The Hall–Kier alpha value is -2.31. The van der Waals surface area contributed by atoms with Crippen molar-refractivity contribution in [3.05, 3.63) is 47.9 Å². The molecule has 1 aromatic heterocycles. The van der Waals surface area contributed by atoms with Crippen LogP contribution in [0, 0.1) is 0 Å². The third-order valence-electron chi connectivity index (χ3n) is 2.57. The summed E-state index contributed by atoms with van der Waals surface area (Å²) in [6.07, 6.45) is -1.98. The fourth-order valence-electron chi connectivity index (χ4n) is 1.50. The lowest BCUT2D eigenvalue weighted by molar-refractivity contribution is -0.137. The Morgan fingerprint density at radius 2 is 1.89 bits per heavy atom. The average Bonchev–Trinajstić information content (AvgIpc) is 2.90. The van der Waals surface area contributed by atoms with Crippen molar-refractivity contribution in [2.75, 3.05) is 11.9 Å². The summed E-state index contributed by atoms with van der Waals surface area (Å²) in [6, 6.07) is 4.31. The largest absolute Gasteiger partial charge is 0.416 e. The standard InChI is InChI=1S/C12H9F3N2O2/c1-17(11(18)8-6-16-19-7-8)10-4-2-9(3-5-10)12(13,14)15/h2-7H,1H3. The van der Waals surface area contributed by atoms with Crippen molar-refractivity contribution in [1.29, 1.82) is 0 Å². The zero-order valence-electron chi connectivity index (χ0n) is 9.81. The van der Waals surface area contributed by atoms with Crippen molar-refractivity contribution in [2.45, 2.75) is 6.18 Å². The monoisotopic (exact) mass is 270 g/mol. The molecule has 2 aromatic rings. The van der Waals surface area contributed by atoms with E-state index in [0.29, 0.717) is 5.69 Å². The van der Waals surface area contributed by atoms with Gasteiger partial charge in [-0.25, -0.2) is 0 Å². The van der Waals surface area contributed by atoms with E-state index in [4.69, 9.17) is 0 Å². The summed E-state index contributed by atoms with van der Waals surface area (Å²) in [5.41, 5.74) is -0.191. The quantitative estimate of drug-likeness (QED) is 0.842. The van der Waals surface area contributed by atoms with Gasteiger partial charge in [-0.3, -0.25) is 4.79 Å². The molecule has 100 valence electrons. The molecule has 19 heavy (non-hydrogen) atoms. The first-order chi connectivity index (χ1) is 8.89. The third kappa shape index (κ3) is 2.75. The van der Waals surface area contributed by atoms with Crippen molar-refractivity contribution >= 4 is 11.6 Å². The molecule has 0 fully saturated rings. The highest BCUT2D eigenvalue weighted by Gasteiger charge is 2.30. The lowest BCUT2D eigenvalue weighted by atomic mass is 10.2. The summed E-state index contributed by atoms with van der Waals surface area (Å²) in [7, 11) is 1.46. The molecule has 0 atom stereocenters. The van der Waals surface area contributed by atoms with E-state index in [1.54, 1.807) is 0 Å². The van der Waals surface area contributed by atoms with Crippen molar-refractivity contribution in [2.24, 2.45) is 0 Å². The van der Waals surface area contributed by atoms with Gasteiger partial charge in [-0.15, -0.1) is 0 Å². The van der Waals surface area contributed by atoms with Crippen LogP contribution in [0.15, 0.2) is 41.2 Å². The number of nitrogens with zero attached hydrogens (tertiary/aromatic N) is 2. The van der Waals surface area contributed by atoms with Crippen LogP contribution in [-0.2, 0) is 6.18 Å². The number of amides is 1. The van der Waals surface area contributed by atoms with Crippen molar-refractivity contribution in [1.82, 2.24) is 5.16 Å². The van der Waals surface area contributed by atoms with E-state index in [1.807, 2.05) is 0 Å². The Labute approximate surface area is 106 Å². The van der Waals surface area contributed by atoms with Crippen LogP contribution in [-0.4, -0.2) is 18.1 Å². The van der Waals surface area contributed by atoms with Gasteiger partial charge in [0.15, 0.2) is 0 Å². The van der Waals surface area contributed by atoms with Crippen LogP contribution in [0.5, 0.6) is 0 Å². The first kappa shape index (κ1) is 13.1. The van der Waals surface area contributed by atoms with Gasteiger partial charge in [0.05, 0.1) is 17.3 Å². The first-order valence-corrected chi connectivity index (χ1v) is 5.24. The molecule has 1 heterocycles. The molecule has 1 amide bonds. The predicted molar refractivity (Wildman–Crippen MR) is 60.7 cm³/mol. The number of carbonyl (C=O) groups excluding carboxylic acids is 1. The van der Waals surface area contributed by atoms with Gasteiger partial charge in [0, 0.05) is 12.7 Å². The summed E-state index contributed by atoms with van der Waals surface area (Å²) in [4.78, 5) is 13.1. The molecule has 0 bridgehead atoms. The highest BCUT2D eigenvalue weighted by Crippen LogP contribution is 2.30. The fraction of sp³-hybridized carbons (Fsp3) is 0.167. The van der Waals surface area contributed by atoms with E-state index in [0.717, 1.165) is 12.1 Å². The molecule has 0 spiro atoms. The summed E-state index contributed by atoms with van der Waals surface area (Å²) in [5, 5.41) is 3.39. The average molecular weight is 270 g/mol. The van der Waals surface area contributed by atoms with Gasteiger partial charge in [0.25, 0.3) is 5.91 Å². The minimum absolute atomic E-state index is 0.224. The van der Waals surface area contributed by atoms with E-state index >= 15 is 0 Å². The number of carbonyl (C=O) groups is 1. The van der Waals surface area contributed by atoms with Crippen LogP contribution in [0.1, 0.15) is 15.9 Å². The minimum Gasteiger partial charge on any atom is -0.364 e. The van der Waals surface area contributed by atoms with Crippen LogP contribution in [0.4, 0.5) is 18.9 Å². The van der Waals surface area contributed by atoms with Crippen LogP contribution in [0.3, 0.4) is 0 Å². The molecule has 0 aliphatic carbocycles. The van der Waals surface area contributed by atoms with Gasteiger partial charge >= 0.3 is 6.18 Å². The Morgan fingerprint density at radius 1 is 1.26 bits per heavy atom. The van der Waals surface area contributed by atoms with Crippen LogP contribution in [0.25, 0.3) is 0 Å². The maximum atomic E-state index is 12.4. The number of anilines is 1. The number of alkyl halides is 3. The summed E-state index contributed by atoms with van der Waals surface area (Å²) < 4.78 is 41.7. The zero-order chi connectivity index (χ0) is 14.0. The molecular formula is C12H9F3N2O2. The van der Waals surface area contributed by atoms with Crippen molar-refractivity contribution in [3.63, 3.8) is 0 Å². The Balaban J connectivity index is 2.21. The molecule has 0 radical (unpaired) electrons. The van der Waals surface area contributed by atoms with Gasteiger partial charge in [0.1, 0.15) is 6.26 Å². The second kappa shape index (κ2) is 4.75. The van der Waals surface area contributed by atoms with Gasteiger partial charge in [-0.2, -0.15) is 13.2 Å². The molecule has 0 aliphatic rings. The molecule has 1 aromatic carbocycles. The second-order valence-corrected chi connectivity index (χ2v) is 3.82. The SMILES string of the molecule is CN(C(=O)c1cnoc1)c1ccc(C(F)(F)F)cc1. The van der Waals surface area contributed by atoms with Gasteiger partial charge < -0.3 is 9.42 Å². The van der Waals surface area contributed by atoms with Gasteiger partial charge in [0.2, 0.25) is 0 Å². The van der Waals surface area contributed by atoms with E-state index < -0.39 is 17.6 Å². The number of benzene rings is 1. The number of halogens is 3. The van der Waals surface area contributed by atoms with Crippen LogP contribution in [0.2, 0.25) is 0 Å². The van der Waals surface area contributed by atoms with E-state index in [9.17, 15) is 18.0 Å². The second-order valence-electron chi connectivity index (χ2n) is 3.82. The Kier molecular flexibility index (Phi) is 3.28. The summed E-state index contributed by atoms with van der Waals surface area (Å²) >= 11 is 0. The highest BCUT2D eigenvalue weighted by atomic mass is 19.4. The lowest BCUT2D eigenvalue weighted by Crippen LogP contribution is -2.25. The number of hydrogen-bond donors (Lipinski definition) is 0. The summed E-state index contributed by atoms with van der Waals surface area (Å²) in [5.74, 6) is -0.416. The zero-order valence-corrected chi connectivity index (χ0v) is 9.81. The van der Waals surface area contributed by atoms with E-state index in [2.05, 4.69) is 9.68 Å². The molecule has 0 aliphatic heterocycles. The molecule has 7 heteroatoms. The molecule has 0 saturated heterocycles. The molecule has 0 unspecified atom stereocenters. The lowest BCUT2D eigenvalue weighted by Gasteiger charge is -2.17. The molecular weight excluding hydrogens is 261 g/mol. The number of rotatable bonds is 2. The fourth-order valence-corrected chi connectivity index (χ4v) is 1.50. The smallest absolute Gasteiger partial charge is 0.364 e. The van der Waals surface area contributed by atoms with Gasteiger partial charge in [-0.1, -0.05) is 5.16 Å². The maximum Gasteiger partial charge on any atom is 0.416 e. The Bertz CT molecular complexity index is 562. The molecule has 0 saturated carbocycles. The van der Waals surface area contributed by atoms with Crippen molar-refractivity contribution in [3.8, 4) is 0 Å². The topological polar surface area (TPSA) is 46.3 Å². The third-order valence-corrected chi connectivity index (χ3v) is 2.57.